The Balaban J connectivity index is 1.58. The van der Waals surface area contributed by atoms with Gasteiger partial charge >= 0.3 is 0 Å². The molecule has 0 saturated carbocycles. The van der Waals surface area contributed by atoms with E-state index in [-0.39, 0.29) is 0 Å². The highest BCUT2D eigenvalue weighted by Gasteiger charge is 2.14. The van der Waals surface area contributed by atoms with Gasteiger partial charge in [-0.25, -0.2) is 9.97 Å². The van der Waals surface area contributed by atoms with Gasteiger partial charge in [-0.05, 0) is 55.5 Å². The minimum Gasteiger partial charge on any atom is -0.494 e. The summed E-state index contributed by atoms with van der Waals surface area (Å²) in [6.45, 7) is 1.71. The molecule has 0 aliphatic rings. The number of allylic oxidation sites excluding steroid dienone is 1. The van der Waals surface area contributed by atoms with Gasteiger partial charge in [-0.15, -0.1) is 0 Å². The summed E-state index contributed by atoms with van der Waals surface area (Å²) >= 11 is 5.38. The number of nitrogens with zero attached hydrogens (tertiary/aromatic N) is 6. The third kappa shape index (κ3) is 6.53. The van der Waals surface area contributed by atoms with Crippen molar-refractivity contribution in [3.05, 3.63) is 60.6 Å². The average Bonchev–Trinajstić information content (AvgIpc) is 2.90. The van der Waals surface area contributed by atoms with E-state index in [1.165, 1.54) is 12.4 Å². The van der Waals surface area contributed by atoms with Crippen LogP contribution in [0.25, 0.3) is 28.4 Å². The highest BCUT2D eigenvalue weighted by atomic mass is 35.5. The van der Waals surface area contributed by atoms with Crippen molar-refractivity contribution in [3.8, 4) is 17.1 Å². The minimum atomic E-state index is -0.531. The number of carbonyl (C=O) groups excluding carboxylic acids is 1. The Morgan fingerprint density at radius 2 is 1.92 bits per heavy atom. The summed E-state index contributed by atoms with van der Waals surface area (Å²) in [7, 11) is 7.66. The molecule has 0 atom stereocenters. The second-order valence-electron chi connectivity index (χ2n) is 8.91. The van der Waals surface area contributed by atoms with Crippen LogP contribution in [0, 0.1) is 0 Å². The van der Waals surface area contributed by atoms with Crippen LogP contribution < -0.4 is 20.7 Å². The van der Waals surface area contributed by atoms with E-state index >= 15 is 0 Å². The molecule has 10 nitrogen and oxygen atoms in total. The summed E-state index contributed by atoms with van der Waals surface area (Å²) < 4.78 is 5.62. The molecule has 196 valence electrons. The molecule has 0 unspecified atom stereocenters. The largest absolute Gasteiger partial charge is 0.494 e. The zero-order valence-electron chi connectivity index (χ0n) is 21.6. The lowest BCUT2D eigenvalue weighted by Crippen LogP contribution is -2.29. The predicted molar refractivity (Wildman–Crippen MR) is 153 cm³/mol. The van der Waals surface area contributed by atoms with Crippen LogP contribution in [0.4, 0.5) is 23.0 Å². The minimum absolute atomic E-state index is 0.340. The number of pyridine rings is 1. The zero-order chi connectivity index (χ0) is 27.2. The van der Waals surface area contributed by atoms with Crippen LogP contribution in [0.5, 0.6) is 5.75 Å². The molecule has 0 fully saturated rings. The Morgan fingerprint density at radius 3 is 2.66 bits per heavy atom. The van der Waals surface area contributed by atoms with Gasteiger partial charge < -0.3 is 25.6 Å². The number of nitrogens with two attached hydrogens (primary N) is 1. The molecule has 38 heavy (non-hydrogen) atoms. The van der Waals surface area contributed by atoms with E-state index in [0.29, 0.717) is 28.9 Å². The number of carbonyl (C=O) groups is 1. The van der Waals surface area contributed by atoms with Gasteiger partial charge in [0.15, 0.2) is 5.82 Å². The number of aromatic nitrogens is 4. The van der Waals surface area contributed by atoms with Crippen molar-refractivity contribution >= 4 is 56.8 Å². The van der Waals surface area contributed by atoms with Crippen LogP contribution in [0.3, 0.4) is 0 Å². The number of ether oxygens (including phenoxy) is 1. The Morgan fingerprint density at radius 1 is 1.11 bits per heavy atom. The fourth-order valence-corrected chi connectivity index (χ4v) is 3.86. The second-order valence-corrected chi connectivity index (χ2v) is 9.28. The molecule has 4 aromatic rings. The summed E-state index contributed by atoms with van der Waals surface area (Å²) in [5.41, 5.74) is 10.8. The van der Waals surface area contributed by atoms with Gasteiger partial charge in [0.05, 0.1) is 29.7 Å². The van der Waals surface area contributed by atoms with E-state index in [0.717, 1.165) is 40.8 Å². The van der Waals surface area contributed by atoms with Crippen LogP contribution >= 0.6 is 11.6 Å². The summed E-state index contributed by atoms with van der Waals surface area (Å²) in [5, 5.41) is 3.57. The molecule has 0 radical (unpaired) electrons. The molecule has 0 amide bonds. The molecule has 2 aromatic carbocycles. The fraction of sp³-hybridized carbons (Fsp3) is 0.222. The lowest BCUT2D eigenvalue weighted by Gasteiger charge is -2.24. The van der Waals surface area contributed by atoms with E-state index < -0.39 is 5.24 Å². The van der Waals surface area contributed by atoms with E-state index in [4.69, 9.17) is 22.1 Å². The first-order valence-corrected chi connectivity index (χ1v) is 12.2. The number of nitrogens with one attached hydrogen (secondary N) is 1. The molecule has 0 spiro atoms. The van der Waals surface area contributed by atoms with Crippen LogP contribution in [-0.2, 0) is 4.79 Å². The van der Waals surface area contributed by atoms with Crippen molar-refractivity contribution in [2.24, 2.45) is 0 Å². The summed E-state index contributed by atoms with van der Waals surface area (Å²) in [5.74, 6) is 1.41. The van der Waals surface area contributed by atoms with Gasteiger partial charge in [-0.2, -0.15) is 4.98 Å². The molecule has 11 heteroatoms. The number of fused-ring (bicyclic) bond motifs is 1. The number of anilines is 4. The van der Waals surface area contributed by atoms with E-state index in [9.17, 15) is 4.79 Å². The summed E-state index contributed by atoms with van der Waals surface area (Å²) in [6, 6.07) is 11.3. The Labute approximate surface area is 226 Å². The Bertz CT molecular complexity index is 1490. The normalized spacial score (nSPS) is 11.3. The number of likely N-dealkylation sites (N-methyl/N-ethyl adjacent to an activating group) is 2. The predicted octanol–water partition coefficient (Wildman–Crippen LogP) is 4.20. The SMILES string of the molecule is COc1cc(N(C)CCN(C)C)c(N)cc1Nc1ncnc(-c2cnc3cc(/C=C\C(=O)Cl)ccc3c2)n1. The number of benzene rings is 2. The second kappa shape index (κ2) is 11.8. The molecule has 0 bridgehead atoms. The quantitative estimate of drug-likeness (QED) is 0.174. The zero-order valence-corrected chi connectivity index (χ0v) is 22.4. The maximum atomic E-state index is 11.0. The van der Waals surface area contributed by atoms with E-state index in [2.05, 4.69) is 35.1 Å². The number of hydrogen-bond acceptors (Lipinski definition) is 10. The molecular formula is C27H29ClN8O2. The highest BCUT2D eigenvalue weighted by Crippen LogP contribution is 2.36. The highest BCUT2D eigenvalue weighted by molar-refractivity contribution is 6.66. The third-order valence-electron chi connectivity index (χ3n) is 5.83. The molecular weight excluding hydrogens is 504 g/mol. The first-order chi connectivity index (χ1) is 18.2. The van der Waals surface area contributed by atoms with Gasteiger partial charge in [0, 0.05) is 43.4 Å². The van der Waals surface area contributed by atoms with Crippen LogP contribution in [0.15, 0.2) is 55.0 Å². The van der Waals surface area contributed by atoms with Gasteiger partial charge in [-0.1, -0.05) is 18.2 Å². The molecule has 4 rings (SSSR count). The summed E-state index contributed by atoms with van der Waals surface area (Å²) in [4.78, 5) is 32.9. The number of hydrogen-bond donors (Lipinski definition) is 2. The standard InChI is InChI=1S/C27H29ClN8O2/c1-35(2)9-10-36(3)23-14-24(38-4)22(13-20(23)29)33-27-32-16-31-26(34-27)19-12-18-7-5-17(6-8-25(28)37)11-21(18)30-15-19/h5-8,11-16H,9-10,29H2,1-4H3,(H,31,32,33,34)/b8-6-. The van der Waals surface area contributed by atoms with Crippen molar-refractivity contribution in [2.75, 3.05) is 57.3 Å². The molecule has 2 aromatic heterocycles. The van der Waals surface area contributed by atoms with Gasteiger partial charge in [-0.3, -0.25) is 9.78 Å². The first-order valence-electron chi connectivity index (χ1n) is 11.8. The molecule has 3 N–H and O–H groups in total. The number of nitrogen functional groups attached to an aromatic ring is 1. The molecule has 2 heterocycles. The number of halogens is 1. The van der Waals surface area contributed by atoms with Crippen molar-refractivity contribution in [3.63, 3.8) is 0 Å². The monoisotopic (exact) mass is 532 g/mol. The lowest BCUT2D eigenvalue weighted by atomic mass is 10.1. The van der Waals surface area contributed by atoms with Crippen LogP contribution in [-0.4, -0.2) is 71.4 Å². The smallest absolute Gasteiger partial charge is 0.245 e. The first kappa shape index (κ1) is 26.8. The Kier molecular flexibility index (Phi) is 8.35. The number of methoxy groups -OCH3 is 1. The van der Waals surface area contributed by atoms with Crippen LogP contribution in [0.1, 0.15) is 5.56 Å². The number of rotatable bonds is 10. The van der Waals surface area contributed by atoms with Gasteiger partial charge in [0.2, 0.25) is 11.2 Å². The topological polar surface area (TPSA) is 122 Å². The van der Waals surface area contributed by atoms with Gasteiger partial charge in [0.25, 0.3) is 0 Å². The maximum Gasteiger partial charge on any atom is 0.245 e. The Hall–Kier alpha value is -4.28. The van der Waals surface area contributed by atoms with Crippen molar-refractivity contribution in [2.45, 2.75) is 0 Å². The van der Waals surface area contributed by atoms with Crippen molar-refractivity contribution in [1.82, 2.24) is 24.8 Å². The fourth-order valence-electron chi connectivity index (χ4n) is 3.80. The third-order valence-corrected chi connectivity index (χ3v) is 5.96. The van der Waals surface area contributed by atoms with E-state index in [1.54, 1.807) is 19.4 Å². The molecule has 0 aliphatic carbocycles. The summed E-state index contributed by atoms with van der Waals surface area (Å²) in [6.07, 6.45) is 6.07. The van der Waals surface area contributed by atoms with Crippen molar-refractivity contribution in [1.29, 1.82) is 0 Å². The molecule has 0 aliphatic heterocycles. The lowest BCUT2D eigenvalue weighted by molar-refractivity contribution is -0.107. The van der Waals surface area contributed by atoms with Crippen molar-refractivity contribution < 1.29 is 9.53 Å². The van der Waals surface area contributed by atoms with Crippen LogP contribution in [0.2, 0.25) is 0 Å². The van der Waals surface area contributed by atoms with Gasteiger partial charge in [0.1, 0.15) is 12.1 Å². The average molecular weight is 533 g/mol. The van der Waals surface area contributed by atoms with E-state index in [1.807, 2.05) is 57.5 Å². The maximum absolute atomic E-state index is 11.0. The molecule has 0 saturated heterocycles.